The highest BCUT2D eigenvalue weighted by Gasteiger charge is 2.04. The first kappa shape index (κ1) is 14.4. The fraction of sp³-hybridized carbons (Fsp3) is 0.188. The maximum Gasteiger partial charge on any atom is 0.319 e. The minimum Gasteiger partial charge on any atom is -0.334 e. The average molecular weight is 289 g/mol. The van der Waals surface area contributed by atoms with Crippen LogP contribution in [0.1, 0.15) is 18.1 Å². The lowest BCUT2D eigenvalue weighted by Gasteiger charge is -2.09. The molecule has 0 spiro atoms. The molecule has 3 nitrogen and oxygen atoms in total. The summed E-state index contributed by atoms with van der Waals surface area (Å²) in [6, 6.07) is 15.1. The van der Waals surface area contributed by atoms with Crippen molar-refractivity contribution in [3.8, 4) is 0 Å². The molecular formula is C16H17ClN2O. The molecule has 2 aromatic carbocycles. The van der Waals surface area contributed by atoms with Gasteiger partial charge in [-0.3, -0.25) is 0 Å². The molecule has 0 aliphatic carbocycles. The molecule has 2 amide bonds. The molecule has 104 valence electrons. The molecule has 0 bridgehead atoms. The van der Waals surface area contributed by atoms with Gasteiger partial charge < -0.3 is 10.6 Å². The van der Waals surface area contributed by atoms with Crippen molar-refractivity contribution in [3.05, 3.63) is 64.7 Å². The third-order valence-electron chi connectivity index (χ3n) is 3.01. The number of benzene rings is 2. The maximum atomic E-state index is 11.8. The number of aryl methyl sites for hydroxylation is 1. The number of rotatable bonds is 4. The molecule has 0 heterocycles. The molecule has 0 aliphatic heterocycles. The van der Waals surface area contributed by atoms with Crippen LogP contribution in [0.15, 0.2) is 48.5 Å². The number of carbonyl (C=O) groups excluding carboxylic acids is 1. The Morgan fingerprint density at radius 3 is 2.35 bits per heavy atom. The van der Waals surface area contributed by atoms with E-state index in [0.717, 1.165) is 12.0 Å². The van der Waals surface area contributed by atoms with Crippen molar-refractivity contribution in [2.75, 3.05) is 5.32 Å². The van der Waals surface area contributed by atoms with E-state index in [-0.39, 0.29) is 6.03 Å². The summed E-state index contributed by atoms with van der Waals surface area (Å²) in [7, 11) is 0. The van der Waals surface area contributed by atoms with Crippen LogP contribution in [0.25, 0.3) is 0 Å². The van der Waals surface area contributed by atoms with Gasteiger partial charge in [0.15, 0.2) is 0 Å². The Morgan fingerprint density at radius 1 is 1.05 bits per heavy atom. The van der Waals surface area contributed by atoms with Crippen LogP contribution in [0.5, 0.6) is 0 Å². The second-order valence-corrected chi connectivity index (χ2v) is 4.86. The van der Waals surface area contributed by atoms with E-state index in [4.69, 9.17) is 11.6 Å². The van der Waals surface area contributed by atoms with E-state index >= 15 is 0 Å². The first-order valence-corrected chi connectivity index (χ1v) is 6.94. The summed E-state index contributed by atoms with van der Waals surface area (Å²) in [6.45, 7) is 2.60. The SMILES string of the molecule is CCc1ccc(CNC(=O)Nc2ccccc2Cl)cc1. The fourth-order valence-corrected chi connectivity index (χ4v) is 1.99. The first-order chi connectivity index (χ1) is 9.69. The molecule has 0 fully saturated rings. The summed E-state index contributed by atoms with van der Waals surface area (Å²) in [5.41, 5.74) is 2.96. The normalized spacial score (nSPS) is 10.1. The number of carbonyl (C=O) groups is 1. The summed E-state index contributed by atoms with van der Waals surface area (Å²) in [4.78, 5) is 11.8. The van der Waals surface area contributed by atoms with E-state index in [1.54, 1.807) is 12.1 Å². The molecule has 20 heavy (non-hydrogen) atoms. The smallest absolute Gasteiger partial charge is 0.319 e. The van der Waals surface area contributed by atoms with E-state index in [0.29, 0.717) is 17.3 Å². The van der Waals surface area contributed by atoms with Crippen molar-refractivity contribution >= 4 is 23.3 Å². The van der Waals surface area contributed by atoms with Gasteiger partial charge in [-0.25, -0.2) is 4.79 Å². The zero-order chi connectivity index (χ0) is 14.4. The van der Waals surface area contributed by atoms with E-state index in [2.05, 4.69) is 29.7 Å². The van der Waals surface area contributed by atoms with Crippen LogP contribution in [0.3, 0.4) is 0 Å². The van der Waals surface area contributed by atoms with Gasteiger partial charge in [-0.05, 0) is 29.7 Å². The molecule has 0 radical (unpaired) electrons. The van der Waals surface area contributed by atoms with Gasteiger partial charge in [-0.15, -0.1) is 0 Å². The number of nitrogens with one attached hydrogen (secondary N) is 2. The van der Waals surface area contributed by atoms with Crippen molar-refractivity contribution in [1.29, 1.82) is 0 Å². The van der Waals surface area contributed by atoms with E-state index in [1.165, 1.54) is 5.56 Å². The Kier molecular flexibility index (Phi) is 5.02. The predicted octanol–water partition coefficient (Wildman–Crippen LogP) is 4.22. The summed E-state index contributed by atoms with van der Waals surface area (Å²) >= 11 is 5.98. The van der Waals surface area contributed by atoms with Gasteiger partial charge in [0.1, 0.15) is 0 Å². The molecular weight excluding hydrogens is 272 g/mol. The lowest BCUT2D eigenvalue weighted by molar-refractivity contribution is 0.251. The lowest BCUT2D eigenvalue weighted by Crippen LogP contribution is -2.28. The van der Waals surface area contributed by atoms with Crippen molar-refractivity contribution in [2.24, 2.45) is 0 Å². The van der Waals surface area contributed by atoms with Crippen molar-refractivity contribution in [1.82, 2.24) is 5.32 Å². The molecule has 2 aromatic rings. The molecule has 2 N–H and O–H groups in total. The highest BCUT2D eigenvalue weighted by Crippen LogP contribution is 2.20. The van der Waals surface area contributed by atoms with Crippen LogP contribution in [0, 0.1) is 0 Å². The van der Waals surface area contributed by atoms with Gasteiger partial charge in [-0.2, -0.15) is 0 Å². The largest absolute Gasteiger partial charge is 0.334 e. The lowest BCUT2D eigenvalue weighted by atomic mass is 10.1. The third-order valence-corrected chi connectivity index (χ3v) is 3.34. The number of urea groups is 1. The number of amides is 2. The third kappa shape index (κ3) is 4.00. The molecule has 0 saturated carbocycles. The molecule has 2 rings (SSSR count). The zero-order valence-electron chi connectivity index (χ0n) is 11.3. The van der Waals surface area contributed by atoms with Crippen LogP contribution < -0.4 is 10.6 Å². The fourth-order valence-electron chi connectivity index (χ4n) is 1.80. The number of anilines is 1. The first-order valence-electron chi connectivity index (χ1n) is 6.56. The van der Waals surface area contributed by atoms with E-state index < -0.39 is 0 Å². The minimum atomic E-state index is -0.266. The standard InChI is InChI=1S/C16H17ClN2O/c1-2-12-7-9-13(10-8-12)11-18-16(20)19-15-6-4-3-5-14(15)17/h3-10H,2,11H2,1H3,(H2,18,19,20). The Balaban J connectivity index is 1.87. The molecule has 0 aliphatic rings. The Labute approximate surface area is 124 Å². The van der Waals surface area contributed by atoms with E-state index in [9.17, 15) is 4.79 Å². The topological polar surface area (TPSA) is 41.1 Å². The van der Waals surface area contributed by atoms with Crippen molar-refractivity contribution < 1.29 is 4.79 Å². The summed E-state index contributed by atoms with van der Waals surface area (Å²) < 4.78 is 0. The van der Waals surface area contributed by atoms with Crippen LogP contribution in [0.2, 0.25) is 5.02 Å². The van der Waals surface area contributed by atoms with Gasteiger partial charge in [0.05, 0.1) is 10.7 Å². The molecule has 0 saturated heterocycles. The highest BCUT2D eigenvalue weighted by atomic mass is 35.5. The highest BCUT2D eigenvalue weighted by molar-refractivity contribution is 6.33. The number of para-hydroxylation sites is 1. The van der Waals surface area contributed by atoms with Gasteiger partial charge in [0.25, 0.3) is 0 Å². The second-order valence-electron chi connectivity index (χ2n) is 4.46. The molecule has 0 atom stereocenters. The Hall–Kier alpha value is -2.00. The predicted molar refractivity (Wildman–Crippen MR) is 83.1 cm³/mol. The quantitative estimate of drug-likeness (QED) is 0.869. The second kappa shape index (κ2) is 6.96. The Bertz CT molecular complexity index is 581. The van der Waals surface area contributed by atoms with Gasteiger partial charge in [0, 0.05) is 6.54 Å². The van der Waals surface area contributed by atoms with Crippen LogP contribution >= 0.6 is 11.6 Å². The number of halogens is 1. The van der Waals surface area contributed by atoms with Crippen LogP contribution in [-0.4, -0.2) is 6.03 Å². The molecule has 0 aromatic heterocycles. The number of hydrogen-bond acceptors (Lipinski definition) is 1. The average Bonchev–Trinajstić information content (AvgIpc) is 2.48. The number of hydrogen-bond donors (Lipinski definition) is 2. The minimum absolute atomic E-state index is 0.266. The van der Waals surface area contributed by atoms with Gasteiger partial charge in [0.2, 0.25) is 0 Å². The summed E-state index contributed by atoms with van der Waals surface area (Å²) in [5, 5.41) is 6.05. The molecule has 4 heteroatoms. The van der Waals surface area contributed by atoms with E-state index in [1.807, 2.05) is 24.3 Å². The van der Waals surface area contributed by atoms with Crippen LogP contribution in [-0.2, 0) is 13.0 Å². The van der Waals surface area contributed by atoms with Crippen LogP contribution in [0.4, 0.5) is 10.5 Å². The van der Waals surface area contributed by atoms with Gasteiger partial charge in [-0.1, -0.05) is 54.9 Å². The summed E-state index contributed by atoms with van der Waals surface area (Å²) in [5.74, 6) is 0. The zero-order valence-corrected chi connectivity index (χ0v) is 12.1. The van der Waals surface area contributed by atoms with Crippen molar-refractivity contribution in [3.63, 3.8) is 0 Å². The maximum absolute atomic E-state index is 11.8. The van der Waals surface area contributed by atoms with Gasteiger partial charge >= 0.3 is 6.03 Å². The van der Waals surface area contributed by atoms with Crippen molar-refractivity contribution in [2.45, 2.75) is 19.9 Å². The monoisotopic (exact) mass is 288 g/mol. The summed E-state index contributed by atoms with van der Waals surface area (Å²) in [6.07, 6.45) is 1.01. The Morgan fingerprint density at radius 2 is 1.70 bits per heavy atom. The molecule has 0 unspecified atom stereocenters.